The lowest BCUT2D eigenvalue weighted by atomic mass is 10.1. The second-order valence-electron chi connectivity index (χ2n) is 5.27. The molecule has 0 heterocycles. The van der Waals surface area contributed by atoms with Gasteiger partial charge in [0, 0.05) is 0 Å². The summed E-state index contributed by atoms with van der Waals surface area (Å²) in [6.07, 6.45) is 5.11. The molecule has 0 spiro atoms. The normalized spacial score (nSPS) is 10.0. The van der Waals surface area contributed by atoms with Gasteiger partial charge >= 0.3 is 5.97 Å². The number of hydrogen-bond donors (Lipinski definition) is 0. The van der Waals surface area contributed by atoms with Gasteiger partial charge in [-0.2, -0.15) is 0 Å². The third kappa shape index (κ3) is 5.27. The van der Waals surface area contributed by atoms with Gasteiger partial charge in [0.2, 0.25) is 0 Å². The molecule has 4 nitrogen and oxygen atoms in total. The number of rotatable bonds is 7. The van der Waals surface area contributed by atoms with E-state index in [1.165, 1.54) is 5.56 Å². The average Bonchev–Trinajstić information content (AvgIpc) is 2.60. The summed E-state index contributed by atoms with van der Waals surface area (Å²) in [5.41, 5.74) is 2.57. The molecule has 0 fully saturated rings. The lowest BCUT2D eigenvalue weighted by Crippen LogP contribution is -2.07. The minimum absolute atomic E-state index is 0.0773. The molecular formula is C20H19BrO4. The highest BCUT2D eigenvalue weighted by atomic mass is 79.9. The van der Waals surface area contributed by atoms with Crippen molar-refractivity contribution in [3.05, 3.63) is 57.6 Å². The highest BCUT2D eigenvalue weighted by Gasteiger charge is 2.17. The minimum atomic E-state index is -0.510. The van der Waals surface area contributed by atoms with Crippen molar-refractivity contribution >= 4 is 21.9 Å². The van der Waals surface area contributed by atoms with E-state index in [1.807, 2.05) is 38.1 Å². The molecule has 2 rings (SSSR count). The van der Waals surface area contributed by atoms with Crippen molar-refractivity contribution in [2.75, 3.05) is 13.2 Å². The summed E-state index contributed by atoms with van der Waals surface area (Å²) in [5, 5.41) is 0. The topological polar surface area (TPSA) is 44.8 Å². The number of esters is 1. The maximum Gasteiger partial charge on any atom is 0.339 e. The van der Waals surface area contributed by atoms with E-state index in [4.69, 9.17) is 20.6 Å². The van der Waals surface area contributed by atoms with E-state index in [1.54, 1.807) is 12.1 Å². The molecule has 130 valence electrons. The molecule has 0 aromatic heterocycles. The standard InChI is InChI=1S/C20H19BrO4/c1-4-10-24-20(22)16-11-17(21)19(18(12-16)23-5-2)25-13-15-8-6-14(3)7-9-15/h1,6-9,11-12H,5,10,13H2,2-3H3. The maximum atomic E-state index is 12.0. The van der Waals surface area contributed by atoms with Gasteiger partial charge in [0.05, 0.1) is 16.6 Å². The summed E-state index contributed by atoms with van der Waals surface area (Å²) in [4.78, 5) is 12.0. The number of benzene rings is 2. The predicted molar refractivity (Wildman–Crippen MR) is 99.9 cm³/mol. The quantitative estimate of drug-likeness (QED) is 0.504. The Hall–Kier alpha value is -2.45. The maximum absolute atomic E-state index is 12.0. The fourth-order valence-electron chi connectivity index (χ4n) is 2.12. The van der Waals surface area contributed by atoms with Crippen LogP contribution in [0.25, 0.3) is 0 Å². The Morgan fingerprint density at radius 1 is 1.20 bits per heavy atom. The molecule has 0 aliphatic rings. The Balaban J connectivity index is 2.22. The van der Waals surface area contributed by atoms with Crippen molar-refractivity contribution in [1.82, 2.24) is 0 Å². The second kappa shape index (κ2) is 9.14. The summed E-state index contributed by atoms with van der Waals surface area (Å²) < 4.78 is 17.1. The van der Waals surface area contributed by atoms with Crippen molar-refractivity contribution in [2.45, 2.75) is 20.5 Å². The predicted octanol–water partition coefficient (Wildman–Crippen LogP) is 4.53. The van der Waals surface area contributed by atoms with E-state index < -0.39 is 5.97 Å². The van der Waals surface area contributed by atoms with Gasteiger partial charge in [0.1, 0.15) is 6.61 Å². The molecule has 0 amide bonds. The number of terminal acetylenes is 1. The molecule has 0 radical (unpaired) electrons. The fraction of sp³-hybridized carbons (Fsp3) is 0.250. The molecule has 25 heavy (non-hydrogen) atoms. The van der Waals surface area contributed by atoms with Crippen LogP contribution in [0.2, 0.25) is 0 Å². The van der Waals surface area contributed by atoms with Crippen LogP contribution in [-0.4, -0.2) is 19.2 Å². The number of ether oxygens (including phenoxy) is 3. The monoisotopic (exact) mass is 402 g/mol. The number of carbonyl (C=O) groups excluding carboxylic acids is 1. The molecule has 0 bridgehead atoms. The van der Waals surface area contributed by atoms with Gasteiger partial charge in [0.25, 0.3) is 0 Å². The van der Waals surface area contributed by atoms with Gasteiger partial charge < -0.3 is 14.2 Å². The molecule has 2 aromatic rings. The van der Waals surface area contributed by atoms with Crippen molar-refractivity contribution in [1.29, 1.82) is 0 Å². The van der Waals surface area contributed by atoms with Gasteiger partial charge in [-0.25, -0.2) is 4.79 Å². The van der Waals surface area contributed by atoms with Crippen LogP contribution in [0.15, 0.2) is 40.9 Å². The van der Waals surface area contributed by atoms with E-state index in [-0.39, 0.29) is 6.61 Å². The lowest BCUT2D eigenvalue weighted by Gasteiger charge is -2.15. The van der Waals surface area contributed by atoms with E-state index in [9.17, 15) is 4.79 Å². The summed E-state index contributed by atoms with van der Waals surface area (Å²) in [6, 6.07) is 11.3. The largest absolute Gasteiger partial charge is 0.490 e. The Bertz CT molecular complexity index is 776. The SMILES string of the molecule is C#CCOC(=O)c1cc(Br)c(OCc2ccc(C)cc2)c(OCC)c1. The van der Waals surface area contributed by atoms with Crippen LogP contribution in [0.3, 0.4) is 0 Å². The number of aryl methyl sites for hydroxylation is 1. The summed E-state index contributed by atoms with van der Waals surface area (Å²) in [6.45, 7) is 4.65. The minimum Gasteiger partial charge on any atom is -0.490 e. The number of halogens is 1. The van der Waals surface area contributed by atoms with Crippen LogP contribution in [-0.2, 0) is 11.3 Å². The molecule has 2 aromatic carbocycles. The first-order valence-corrected chi connectivity index (χ1v) is 8.59. The average molecular weight is 403 g/mol. The molecule has 0 aliphatic heterocycles. The van der Waals surface area contributed by atoms with Gasteiger partial charge in [-0.3, -0.25) is 0 Å². The Kier molecular flexibility index (Phi) is 6.91. The molecule has 0 N–H and O–H groups in total. The first-order valence-electron chi connectivity index (χ1n) is 7.80. The van der Waals surface area contributed by atoms with Crippen LogP contribution in [0.4, 0.5) is 0 Å². The molecule has 0 aliphatic carbocycles. The molecule has 5 heteroatoms. The van der Waals surface area contributed by atoms with Crippen molar-refractivity contribution in [3.8, 4) is 23.8 Å². The third-order valence-corrected chi connectivity index (χ3v) is 3.92. The Morgan fingerprint density at radius 3 is 2.56 bits per heavy atom. The molecular weight excluding hydrogens is 384 g/mol. The Labute approximate surface area is 156 Å². The van der Waals surface area contributed by atoms with Crippen molar-refractivity contribution in [2.24, 2.45) is 0 Å². The van der Waals surface area contributed by atoms with Crippen LogP contribution in [0.5, 0.6) is 11.5 Å². The zero-order valence-electron chi connectivity index (χ0n) is 14.2. The highest BCUT2D eigenvalue weighted by Crippen LogP contribution is 2.37. The van der Waals surface area contributed by atoms with Crippen LogP contribution in [0.1, 0.15) is 28.4 Å². The van der Waals surface area contributed by atoms with Crippen LogP contribution >= 0.6 is 15.9 Å². The first kappa shape index (κ1) is 18.9. The van der Waals surface area contributed by atoms with Gasteiger partial charge in [-0.1, -0.05) is 35.7 Å². The fourth-order valence-corrected chi connectivity index (χ4v) is 2.68. The summed E-state index contributed by atoms with van der Waals surface area (Å²) in [5.74, 6) is 2.76. The van der Waals surface area contributed by atoms with Crippen LogP contribution in [0, 0.1) is 19.3 Å². The van der Waals surface area contributed by atoms with Gasteiger partial charge in [-0.15, -0.1) is 6.42 Å². The lowest BCUT2D eigenvalue weighted by molar-refractivity contribution is 0.0556. The van der Waals surface area contributed by atoms with E-state index >= 15 is 0 Å². The highest BCUT2D eigenvalue weighted by molar-refractivity contribution is 9.10. The van der Waals surface area contributed by atoms with Gasteiger partial charge in [-0.05, 0) is 47.5 Å². The van der Waals surface area contributed by atoms with E-state index in [0.29, 0.717) is 34.7 Å². The zero-order valence-corrected chi connectivity index (χ0v) is 15.8. The number of hydrogen-bond acceptors (Lipinski definition) is 4. The third-order valence-electron chi connectivity index (χ3n) is 3.34. The summed E-state index contributed by atoms with van der Waals surface area (Å²) in [7, 11) is 0. The molecule has 0 unspecified atom stereocenters. The van der Waals surface area contributed by atoms with Crippen LogP contribution < -0.4 is 9.47 Å². The van der Waals surface area contributed by atoms with Crippen molar-refractivity contribution < 1.29 is 19.0 Å². The number of carbonyl (C=O) groups is 1. The first-order chi connectivity index (χ1) is 12.0. The summed E-state index contributed by atoms with van der Waals surface area (Å²) >= 11 is 3.44. The van der Waals surface area contributed by atoms with E-state index in [0.717, 1.165) is 5.56 Å². The smallest absolute Gasteiger partial charge is 0.339 e. The second-order valence-corrected chi connectivity index (χ2v) is 6.13. The molecule has 0 saturated heterocycles. The zero-order chi connectivity index (χ0) is 18.2. The van der Waals surface area contributed by atoms with Gasteiger partial charge in [0.15, 0.2) is 18.1 Å². The molecule has 0 atom stereocenters. The van der Waals surface area contributed by atoms with Crippen molar-refractivity contribution in [3.63, 3.8) is 0 Å². The molecule has 0 saturated carbocycles. The van der Waals surface area contributed by atoms with E-state index in [2.05, 4.69) is 21.9 Å². The Morgan fingerprint density at radius 2 is 1.92 bits per heavy atom.